The number of rotatable bonds is 25. The van der Waals surface area contributed by atoms with Crippen LogP contribution in [0.5, 0.6) is 5.75 Å². The first-order valence-electron chi connectivity index (χ1n) is 40.8. The number of aromatic nitrogens is 8. The number of benzene rings is 8. The molecular weight excluding hydrogens is 2230 g/mol. The molecule has 0 amide bonds. The monoisotopic (exact) mass is 2300 g/mol. The van der Waals surface area contributed by atoms with Crippen LogP contribution in [0.2, 0.25) is 20.1 Å². The zero-order valence-corrected chi connectivity index (χ0v) is 84.5. The molecule has 780 valence electrons. The second kappa shape index (κ2) is 45.6. The number of ether oxygens (including phenoxy) is 4. The molecule has 2 unspecified atom stereocenters. The summed E-state index contributed by atoms with van der Waals surface area (Å²) in [6.45, 7) is 3.13. The highest BCUT2D eigenvalue weighted by molar-refractivity contribution is 9.10. The number of H-pyrrole nitrogens is 4. The summed E-state index contributed by atoms with van der Waals surface area (Å²) in [5.74, 6) is -3.08. The molecule has 0 saturated heterocycles. The van der Waals surface area contributed by atoms with Crippen molar-refractivity contribution in [3.63, 3.8) is 0 Å². The lowest BCUT2D eigenvalue weighted by atomic mass is 10.0. The highest BCUT2D eigenvalue weighted by atomic mass is 79.9. The van der Waals surface area contributed by atoms with Gasteiger partial charge in [-0.1, -0.05) is 107 Å². The number of nitrogens with zero attached hydrogens (tertiary/aromatic N) is 7. The average molecular weight is 2300 g/mol. The number of carbonyl (C=O) groups excluding carboxylic acids is 1. The van der Waals surface area contributed by atoms with E-state index in [4.69, 9.17) is 83.0 Å². The lowest BCUT2D eigenvalue weighted by molar-refractivity contribution is -0.139. The molecule has 8 aromatic heterocycles. The number of hydrogen-bond donors (Lipinski definition) is 7. The molecule has 2 atom stereocenters. The van der Waals surface area contributed by atoms with Crippen LogP contribution in [0.25, 0.3) is 44.4 Å². The maximum Gasteiger partial charge on any atom is 0.417 e. The SMILES string of the molecule is COCN(c1cc(Cl)cnc1Br)S(=O)(=O)c1ccc(C)c(C(F)(F)F)c1.COCN(c1cc(Cl)cnc1C(O)c1cccc2[nH]c(=O)oc12)S(=O)(=O)c1ccc(C)c(C(F)(F)F)c1.COCN(c1cc(Cl)cnc1C(O)c1cccc2[nH]c(=O)oc12)S(=O)(=O)c1ccc(C)c(C(F)(F)F)c1.COc1cccc2[nH]c(=O)oc12.Cc1ccc(S(=O)(=O)Nc2cc(Cl)cnc2C(=O)c2cccc3[nH]c(=O)oc23)cc1C(F)(F)F.Cl. The van der Waals surface area contributed by atoms with E-state index >= 15 is 0 Å². The van der Waals surface area contributed by atoms with Crippen LogP contribution >= 0.6 is 74.7 Å². The molecule has 16 aromatic rings. The number of hydrogen-bond acceptors (Lipinski definition) is 27. The van der Waals surface area contributed by atoms with Gasteiger partial charge in [-0.2, -0.15) is 52.7 Å². The quantitative estimate of drug-likeness (QED) is 0.0121. The van der Waals surface area contributed by atoms with E-state index in [0.717, 1.165) is 77.5 Å². The van der Waals surface area contributed by atoms with Crippen LogP contribution in [0.4, 0.5) is 75.4 Å². The maximum atomic E-state index is 13.6. The van der Waals surface area contributed by atoms with Crippen molar-refractivity contribution in [1.82, 2.24) is 39.9 Å². The molecule has 0 aliphatic carbocycles. The van der Waals surface area contributed by atoms with E-state index in [-0.39, 0.29) is 143 Å². The van der Waals surface area contributed by atoms with Crippen LogP contribution in [0.1, 0.15) is 95.3 Å². The van der Waals surface area contributed by atoms with Crippen LogP contribution in [0, 0.1) is 27.7 Å². The largest absolute Gasteiger partial charge is 0.493 e. The highest BCUT2D eigenvalue weighted by Crippen LogP contribution is 2.45. The number of aromatic amines is 4. The van der Waals surface area contributed by atoms with Crippen LogP contribution in [0.3, 0.4) is 0 Å². The number of aliphatic hydroxyl groups excluding tert-OH is 2. The molecule has 0 radical (unpaired) electrons. The van der Waals surface area contributed by atoms with E-state index in [1.54, 1.807) is 18.2 Å². The van der Waals surface area contributed by atoms with Gasteiger partial charge in [0.05, 0.1) is 131 Å². The lowest BCUT2D eigenvalue weighted by Crippen LogP contribution is -2.34. The van der Waals surface area contributed by atoms with Gasteiger partial charge in [-0.05, 0) is 175 Å². The maximum absolute atomic E-state index is 13.6. The number of methoxy groups -OCH3 is 4. The summed E-state index contributed by atoms with van der Waals surface area (Å²) in [5.41, 5.74) is -4.77. The van der Waals surface area contributed by atoms with Crippen LogP contribution in [0.15, 0.2) is 256 Å². The Morgan fingerprint density at radius 2 is 0.721 bits per heavy atom. The third kappa shape index (κ3) is 25.8. The number of alkyl halides is 12. The molecule has 7 N–H and O–H groups in total. The van der Waals surface area contributed by atoms with Crippen LogP contribution in [-0.4, -0.2) is 138 Å². The first-order chi connectivity index (χ1) is 68.3. The Morgan fingerprint density at radius 1 is 0.415 bits per heavy atom. The zero-order chi connectivity index (χ0) is 107. The number of sulfonamides is 4. The summed E-state index contributed by atoms with van der Waals surface area (Å²) < 4.78 is 311. The molecule has 0 bridgehead atoms. The summed E-state index contributed by atoms with van der Waals surface area (Å²) in [5, 5.41) is 22.5. The van der Waals surface area contributed by atoms with Crippen molar-refractivity contribution in [2.75, 3.05) is 66.3 Å². The molecule has 8 heterocycles. The summed E-state index contributed by atoms with van der Waals surface area (Å²) in [6, 6.07) is 33.8. The van der Waals surface area contributed by atoms with Gasteiger partial charge in [0.25, 0.3) is 40.1 Å². The molecule has 0 aliphatic heterocycles. The molecule has 0 saturated carbocycles. The average Bonchev–Trinajstić information content (AvgIpc) is 1.76. The van der Waals surface area contributed by atoms with E-state index in [2.05, 4.69) is 60.5 Å². The van der Waals surface area contributed by atoms with E-state index in [0.29, 0.717) is 49.7 Å². The van der Waals surface area contributed by atoms with Gasteiger partial charge in [0, 0.05) is 57.2 Å². The fraction of sp³-hybridized carbons (Fsp3) is 0.189. The third-order valence-corrected chi connectivity index (χ3v) is 28.9. The van der Waals surface area contributed by atoms with Crippen molar-refractivity contribution in [1.29, 1.82) is 0 Å². The molecule has 8 aromatic carbocycles. The van der Waals surface area contributed by atoms with Crippen molar-refractivity contribution < 1.29 is 138 Å². The minimum absolute atomic E-state index is 0. The Bertz CT molecular complexity index is 8180. The molecule has 0 fully saturated rings. The smallest absolute Gasteiger partial charge is 0.417 e. The highest BCUT2D eigenvalue weighted by Gasteiger charge is 2.42. The van der Waals surface area contributed by atoms with Crippen molar-refractivity contribution in [2.24, 2.45) is 0 Å². The lowest BCUT2D eigenvalue weighted by Gasteiger charge is -2.27. The van der Waals surface area contributed by atoms with Crippen molar-refractivity contribution in [3.8, 4) is 5.75 Å². The predicted molar refractivity (Wildman–Crippen MR) is 518 cm³/mol. The fourth-order valence-electron chi connectivity index (χ4n) is 14.1. The molecule has 16 rings (SSSR count). The topological polar surface area (TPSA) is 488 Å². The Labute approximate surface area is 855 Å². The van der Waals surface area contributed by atoms with E-state index in [1.165, 1.54) is 135 Å². The number of aliphatic hydroxyl groups is 2. The standard InChI is InChI=1S/2C23H19ClF3N3O6S.C21H13ClF3N3O5S.C15H13BrClF3N2O3S.C8H7NO3.ClH/c2*1-12-6-7-14(9-16(12)23(25,26)27)37(33,34)30(11-35-2)18-8-13(24)10-28-19(18)20(31)15-4-3-5-17-21(15)36-22(32)29-17;1-10-5-6-12(8-14(10)21(23,24)25)34(31,32)28-16-7-11(22)9-26-17(16)18(29)13-3-2-4-15-19(13)33-20(30)27-15;1-9-3-4-11(6-12(9)15(18,19)20)26(23,24)22(8-25-2)13-5-10(17)7-21-14(13)16;1-11-6-4-2-3-5-7(6)12-8(10)9-5;/h2*3-10,20,31H,11H2,1-2H3,(H,29,32);2-9,28H,1H3,(H,27,30);3-7H,8H2,1-2H3;2-4H,1H3,(H,9,10);1H. The van der Waals surface area contributed by atoms with Crippen molar-refractivity contribution in [3.05, 3.63) is 340 Å². The van der Waals surface area contributed by atoms with Crippen LogP contribution in [-0.2, 0) is 79.0 Å². The molecular formula is C90H72BrCl5F12N12O23S4. The van der Waals surface area contributed by atoms with E-state index < -0.39 is 174 Å². The van der Waals surface area contributed by atoms with Gasteiger partial charge in [-0.15, -0.1) is 12.4 Å². The zero-order valence-electron chi connectivity index (χ0n) is 75.8. The predicted octanol–water partition coefficient (Wildman–Crippen LogP) is 19.5. The van der Waals surface area contributed by atoms with Crippen LogP contribution < -0.4 is 45.4 Å². The number of carbonyl (C=O) groups is 1. The Morgan fingerprint density at radius 3 is 1.10 bits per heavy atom. The molecule has 147 heavy (non-hydrogen) atoms. The minimum atomic E-state index is -4.79. The second-order valence-corrected chi connectivity index (χ2v) is 40.4. The Kier molecular flexibility index (Phi) is 35.4. The summed E-state index contributed by atoms with van der Waals surface area (Å²) in [4.78, 5) is 82.2. The molecule has 0 aliphatic rings. The number of aryl methyl sites for hydroxylation is 4. The van der Waals surface area contributed by atoms with E-state index in [1.807, 2.05) is 0 Å². The fourth-order valence-corrected chi connectivity index (χ4v) is 20.6. The Balaban J connectivity index is 0.000000180. The number of halogens is 18. The number of anilines is 4. The first kappa shape index (κ1) is 114. The first-order valence-corrected chi connectivity index (χ1v) is 48.9. The van der Waals surface area contributed by atoms with Gasteiger partial charge in [0.1, 0.15) is 42.7 Å². The number of pyridine rings is 4. The van der Waals surface area contributed by atoms with Gasteiger partial charge in [0.15, 0.2) is 28.1 Å². The molecule has 0 spiro atoms. The number of fused-ring (bicyclic) bond motifs is 4. The van der Waals surface area contributed by atoms with Gasteiger partial charge in [0.2, 0.25) is 5.78 Å². The molecule has 35 nitrogen and oxygen atoms in total. The minimum Gasteiger partial charge on any atom is -0.493 e. The summed E-state index contributed by atoms with van der Waals surface area (Å²) in [6.07, 6.45) is -17.6. The summed E-state index contributed by atoms with van der Waals surface area (Å²) >= 11 is 27.1. The second-order valence-electron chi connectivity index (χ2n) is 30.6. The van der Waals surface area contributed by atoms with E-state index in [9.17, 15) is 121 Å². The molecule has 57 heteroatoms. The van der Waals surface area contributed by atoms with Gasteiger partial charge >= 0.3 is 47.7 Å². The summed E-state index contributed by atoms with van der Waals surface area (Å²) in [7, 11) is -13.2. The number of ketones is 1. The van der Waals surface area contributed by atoms with Crippen molar-refractivity contribution in [2.45, 2.75) is 84.2 Å². The number of nitrogens with one attached hydrogen (secondary N) is 5. The van der Waals surface area contributed by atoms with Gasteiger partial charge in [-0.25, -0.2) is 75.7 Å². The Hall–Kier alpha value is -13.2. The van der Waals surface area contributed by atoms with Gasteiger partial charge < -0.3 is 46.8 Å². The van der Waals surface area contributed by atoms with Crippen molar-refractivity contribution >= 4 is 188 Å². The third-order valence-electron chi connectivity index (χ3n) is 20.9. The number of para-hydroxylation sites is 4. The number of oxazole rings is 4. The van der Waals surface area contributed by atoms with Gasteiger partial charge in [-0.3, -0.25) is 39.4 Å². The normalized spacial score (nSPS) is 12.5.